The highest BCUT2D eigenvalue weighted by Gasteiger charge is 2.31. The Kier molecular flexibility index (Phi) is 3.96. The molecule has 1 saturated heterocycles. The second kappa shape index (κ2) is 5.48. The van der Waals surface area contributed by atoms with Gasteiger partial charge in [-0.3, -0.25) is 0 Å². The lowest BCUT2D eigenvalue weighted by atomic mass is 10.1. The van der Waals surface area contributed by atoms with Crippen LogP contribution in [0.5, 0.6) is 11.5 Å². The molecule has 1 fully saturated rings. The van der Waals surface area contributed by atoms with Crippen LogP contribution in [0.2, 0.25) is 0 Å². The van der Waals surface area contributed by atoms with Crippen molar-refractivity contribution in [1.29, 1.82) is 0 Å². The van der Waals surface area contributed by atoms with Crippen molar-refractivity contribution in [2.45, 2.75) is 18.9 Å². The van der Waals surface area contributed by atoms with E-state index in [-0.39, 0.29) is 11.9 Å². The Bertz CT molecular complexity index is 389. The van der Waals surface area contributed by atoms with Crippen LogP contribution >= 0.6 is 0 Å². The lowest BCUT2D eigenvalue weighted by Gasteiger charge is -2.23. The molecule has 3 nitrogen and oxygen atoms in total. The van der Waals surface area contributed by atoms with Gasteiger partial charge in [-0.15, -0.1) is 13.2 Å². The lowest BCUT2D eigenvalue weighted by Crippen LogP contribution is -2.37. The minimum atomic E-state index is -4.68. The van der Waals surface area contributed by atoms with Crippen LogP contribution in [0.3, 0.4) is 0 Å². The number of piperidine rings is 1. The maximum Gasteiger partial charge on any atom is 0.573 e. The number of benzene rings is 1. The zero-order valence-corrected chi connectivity index (χ0v) is 9.54. The molecule has 0 bridgehead atoms. The maximum absolute atomic E-state index is 12.1. The Morgan fingerprint density at radius 3 is 2.67 bits per heavy atom. The second-order valence-electron chi connectivity index (χ2n) is 3.91. The van der Waals surface area contributed by atoms with E-state index in [1.165, 1.54) is 18.2 Å². The van der Waals surface area contributed by atoms with E-state index in [0.717, 1.165) is 13.0 Å². The third kappa shape index (κ3) is 4.10. The van der Waals surface area contributed by atoms with Crippen LogP contribution in [0, 0.1) is 6.42 Å². The van der Waals surface area contributed by atoms with Crippen molar-refractivity contribution in [3.8, 4) is 11.5 Å². The molecule has 2 rings (SSSR count). The molecule has 1 atom stereocenters. The van der Waals surface area contributed by atoms with Crippen molar-refractivity contribution >= 4 is 0 Å². The maximum atomic E-state index is 12.1. The van der Waals surface area contributed by atoms with Gasteiger partial charge in [-0.1, -0.05) is 6.07 Å². The highest BCUT2D eigenvalue weighted by Crippen LogP contribution is 2.26. The molecule has 0 aromatic heterocycles. The van der Waals surface area contributed by atoms with Crippen LogP contribution in [0.25, 0.3) is 0 Å². The van der Waals surface area contributed by atoms with Gasteiger partial charge in [0.25, 0.3) is 0 Å². The molecular weight excluding hydrogens is 247 g/mol. The molecule has 0 amide bonds. The lowest BCUT2D eigenvalue weighted by molar-refractivity contribution is -0.274. The molecule has 1 unspecified atom stereocenters. The van der Waals surface area contributed by atoms with Gasteiger partial charge in [0.1, 0.15) is 17.6 Å². The Balaban J connectivity index is 1.98. The fraction of sp³-hybridized carbons (Fsp3) is 0.417. The molecule has 1 aromatic carbocycles. The summed E-state index contributed by atoms with van der Waals surface area (Å²) in [6.07, 6.45) is -1.94. The quantitative estimate of drug-likeness (QED) is 0.906. The third-order valence-corrected chi connectivity index (χ3v) is 2.42. The van der Waals surface area contributed by atoms with Gasteiger partial charge in [0, 0.05) is 19.0 Å². The zero-order chi connectivity index (χ0) is 13.0. The molecule has 1 N–H and O–H groups in total. The van der Waals surface area contributed by atoms with Crippen LogP contribution in [-0.2, 0) is 0 Å². The summed E-state index contributed by atoms with van der Waals surface area (Å²) in [5.41, 5.74) is 0. The molecule has 1 aromatic rings. The van der Waals surface area contributed by atoms with E-state index in [1.807, 2.05) is 6.42 Å². The van der Waals surface area contributed by atoms with Crippen LogP contribution in [-0.4, -0.2) is 25.6 Å². The van der Waals surface area contributed by atoms with E-state index in [4.69, 9.17) is 4.74 Å². The molecule has 1 aliphatic heterocycles. The number of nitrogens with one attached hydrogen (secondary N) is 1. The Morgan fingerprint density at radius 1 is 1.22 bits per heavy atom. The summed E-state index contributed by atoms with van der Waals surface area (Å²) < 4.78 is 45.5. The molecule has 99 valence electrons. The van der Waals surface area contributed by atoms with Crippen LogP contribution < -0.4 is 14.8 Å². The number of halogens is 3. The number of hydrogen-bond acceptors (Lipinski definition) is 3. The molecule has 6 heteroatoms. The number of rotatable bonds is 3. The third-order valence-electron chi connectivity index (χ3n) is 2.42. The van der Waals surface area contributed by atoms with Crippen molar-refractivity contribution in [1.82, 2.24) is 5.32 Å². The minimum absolute atomic E-state index is 0.125. The van der Waals surface area contributed by atoms with Gasteiger partial charge in [0.15, 0.2) is 0 Å². The molecular formula is C12H13F3NO2. The van der Waals surface area contributed by atoms with Crippen molar-refractivity contribution in [2.75, 3.05) is 13.1 Å². The van der Waals surface area contributed by atoms with E-state index in [0.29, 0.717) is 12.3 Å². The van der Waals surface area contributed by atoms with Crippen molar-refractivity contribution < 1.29 is 22.6 Å². The summed E-state index contributed by atoms with van der Waals surface area (Å²) in [5.74, 6) is 0.0884. The topological polar surface area (TPSA) is 30.5 Å². The number of alkyl halides is 3. The summed E-state index contributed by atoms with van der Waals surface area (Å²) in [6.45, 7) is 1.56. The first kappa shape index (κ1) is 13.0. The standard InChI is InChI=1S/C12H13F3NO2/c13-12(14,15)18-10-4-1-3-9(7-10)17-11-5-2-6-16-8-11/h1,3-5,7,11,16H,2,6,8H2. The first-order valence-corrected chi connectivity index (χ1v) is 5.59. The van der Waals surface area contributed by atoms with Gasteiger partial charge in [0.05, 0.1) is 0 Å². The number of ether oxygens (including phenoxy) is 2. The van der Waals surface area contributed by atoms with Crippen LogP contribution in [0.15, 0.2) is 24.3 Å². The number of hydrogen-bond donors (Lipinski definition) is 1. The summed E-state index contributed by atoms with van der Waals surface area (Å²) in [5, 5.41) is 3.14. The van der Waals surface area contributed by atoms with Gasteiger partial charge < -0.3 is 14.8 Å². The molecule has 1 heterocycles. The predicted molar refractivity (Wildman–Crippen MR) is 59.3 cm³/mol. The van der Waals surface area contributed by atoms with Crippen LogP contribution in [0.1, 0.15) is 6.42 Å². The molecule has 1 aliphatic rings. The van der Waals surface area contributed by atoms with Gasteiger partial charge >= 0.3 is 6.36 Å². The van der Waals surface area contributed by atoms with Crippen molar-refractivity contribution in [3.63, 3.8) is 0 Å². The van der Waals surface area contributed by atoms with E-state index in [1.54, 1.807) is 6.07 Å². The van der Waals surface area contributed by atoms with E-state index in [2.05, 4.69) is 10.1 Å². The average molecular weight is 260 g/mol. The van der Waals surface area contributed by atoms with E-state index in [9.17, 15) is 13.2 Å². The fourth-order valence-corrected chi connectivity index (χ4v) is 1.71. The molecule has 0 spiro atoms. The van der Waals surface area contributed by atoms with Crippen molar-refractivity contribution in [2.24, 2.45) is 0 Å². The summed E-state index contributed by atoms with van der Waals surface area (Å²) >= 11 is 0. The molecule has 18 heavy (non-hydrogen) atoms. The van der Waals surface area contributed by atoms with Gasteiger partial charge in [-0.25, -0.2) is 0 Å². The predicted octanol–water partition coefficient (Wildman–Crippen LogP) is 2.53. The minimum Gasteiger partial charge on any atom is -0.489 e. The van der Waals surface area contributed by atoms with E-state index >= 15 is 0 Å². The Labute approximate surface area is 103 Å². The molecule has 0 saturated carbocycles. The first-order chi connectivity index (χ1) is 8.53. The largest absolute Gasteiger partial charge is 0.573 e. The monoisotopic (exact) mass is 260 g/mol. The van der Waals surface area contributed by atoms with Crippen molar-refractivity contribution in [3.05, 3.63) is 30.7 Å². The Hall–Kier alpha value is -1.43. The summed E-state index contributed by atoms with van der Waals surface area (Å²) in [6, 6.07) is 5.54. The smallest absolute Gasteiger partial charge is 0.489 e. The zero-order valence-electron chi connectivity index (χ0n) is 9.54. The van der Waals surface area contributed by atoms with Gasteiger partial charge in [0.2, 0.25) is 0 Å². The Morgan fingerprint density at radius 2 is 2.00 bits per heavy atom. The highest BCUT2D eigenvalue weighted by atomic mass is 19.4. The normalized spacial score (nSPS) is 20.5. The fourth-order valence-electron chi connectivity index (χ4n) is 1.71. The van der Waals surface area contributed by atoms with E-state index < -0.39 is 6.36 Å². The average Bonchev–Trinajstić information content (AvgIpc) is 2.28. The first-order valence-electron chi connectivity index (χ1n) is 5.59. The van der Waals surface area contributed by atoms with Crippen LogP contribution in [0.4, 0.5) is 13.2 Å². The highest BCUT2D eigenvalue weighted by molar-refractivity contribution is 5.33. The second-order valence-corrected chi connectivity index (χ2v) is 3.91. The summed E-state index contributed by atoms with van der Waals surface area (Å²) in [7, 11) is 0. The SMILES string of the molecule is FC(F)(F)Oc1cccc(OC2[CH]CCNC2)c1. The molecule has 1 radical (unpaired) electrons. The summed E-state index contributed by atoms with van der Waals surface area (Å²) in [4.78, 5) is 0. The van der Waals surface area contributed by atoms with Gasteiger partial charge in [-0.2, -0.15) is 0 Å². The van der Waals surface area contributed by atoms with Gasteiger partial charge in [-0.05, 0) is 25.1 Å². The molecule has 0 aliphatic carbocycles.